The van der Waals surface area contributed by atoms with Crippen LogP contribution < -0.4 is 11.3 Å². The number of ether oxygens (including phenoxy) is 1. The first-order chi connectivity index (χ1) is 6.33. The minimum atomic E-state index is -0.344. The Morgan fingerprint density at radius 1 is 1.69 bits per heavy atom. The molecule has 0 aliphatic heterocycles. The van der Waals surface area contributed by atoms with Crippen LogP contribution in [0.3, 0.4) is 0 Å². The topological polar surface area (TPSA) is 77.2 Å². The fourth-order valence-corrected chi connectivity index (χ4v) is 0.787. The summed E-state index contributed by atoms with van der Waals surface area (Å²) in [6.45, 7) is 0.326. The van der Waals surface area contributed by atoms with E-state index in [9.17, 15) is 4.79 Å². The number of nitrogens with zero attached hydrogens (tertiary/aromatic N) is 1. The number of carbonyl (C=O) groups excluding carboxylic acids is 1. The molecular weight excluding hydrogens is 170 g/mol. The van der Waals surface area contributed by atoms with Gasteiger partial charge >= 0.3 is 0 Å². The van der Waals surface area contributed by atoms with Crippen LogP contribution in [0.2, 0.25) is 0 Å². The summed E-state index contributed by atoms with van der Waals surface area (Å²) in [5.74, 6) is 4.52. The summed E-state index contributed by atoms with van der Waals surface area (Å²) in [5.41, 5.74) is 2.90. The van der Waals surface area contributed by atoms with Crippen LogP contribution in [-0.2, 0) is 16.1 Å². The minimum absolute atomic E-state index is 0.0363. The third kappa shape index (κ3) is 3.64. The van der Waals surface area contributed by atoms with Gasteiger partial charge in [-0.05, 0) is 11.6 Å². The molecule has 0 radical (unpaired) electrons. The maximum atomic E-state index is 10.6. The molecular formula is C8H11N3O2. The van der Waals surface area contributed by atoms with Gasteiger partial charge in [0.15, 0.2) is 0 Å². The number of aromatic nitrogens is 1. The number of rotatable bonds is 4. The summed E-state index contributed by atoms with van der Waals surface area (Å²) < 4.78 is 5.04. The standard InChI is InChI=1S/C8H11N3O2/c9-11-8(12)6-13-5-7-2-1-3-10-4-7/h1-4H,5-6,9H2,(H,11,12). The number of hydrogen-bond acceptors (Lipinski definition) is 4. The Kier molecular flexibility index (Phi) is 3.87. The Hall–Kier alpha value is -1.46. The number of nitrogens with one attached hydrogen (secondary N) is 1. The van der Waals surface area contributed by atoms with Crippen molar-refractivity contribution in [2.75, 3.05) is 6.61 Å². The van der Waals surface area contributed by atoms with Crippen molar-refractivity contribution in [2.45, 2.75) is 6.61 Å². The van der Waals surface area contributed by atoms with Crippen molar-refractivity contribution in [1.82, 2.24) is 10.4 Å². The summed E-state index contributed by atoms with van der Waals surface area (Å²) in [6.07, 6.45) is 3.36. The predicted octanol–water partition coefficient (Wildman–Crippen LogP) is -0.412. The maximum absolute atomic E-state index is 10.6. The molecule has 1 aromatic rings. The Labute approximate surface area is 75.9 Å². The lowest BCUT2D eigenvalue weighted by Crippen LogP contribution is -2.33. The van der Waals surface area contributed by atoms with Crippen LogP contribution in [0.15, 0.2) is 24.5 Å². The third-order valence-corrected chi connectivity index (χ3v) is 1.39. The largest absolute Gasteiger partial charge is 0.367 e. The second kappa shape index (κ2) is 5.23. The first-order valence-corrected chi connectivity index (χ1v) is 3.79. The molecule has 0 spiro atoms. The molecule has 0 aliphatic carbocycles. The van der Waals surface area contributed by atoms with Crippen molar-refractivity contribution in [3.05, 3.63) is 30.1 Å². The van der Waals surface area contributed by atoms with E-state index in [1.165, 1.54) is 0 Å². The Morgan fingerprint density at radius 2 is 2.54 bits per heavy atom. The molecule has 1 heterocycles. The van der Waals surface area contributed by atoms with E-state index in [0.29, 0.717) is 6.61 Å². The second-order valence-corrected chi connectivity index (χ2v) is 2.42. The highest BCUT2D eigenvalue weighted by molar-refractivity contribution is 5.76. The fraction of sp³-hybridized carbons (Fsp3) is 0.250. The summed E-state index contributed by atoms with van der Waals surface area (Å²) in [7, 11) is 0. The van der Waals surface area contributed by atoms with Crippen LogP contribution in [0.1, 0.15) is 5.56 Å². The van der Waals surface area contributed by atoms with Crippen LogP contribution >= 0.6 is 0 Å². The fourth-order valence-electron chi connectivity index (χ4n) is 0.787. The molecule has 0 aliphatic rings. The van der Waals surface area contributed by atoms with Gasteiger partial charge in [0.2, 0.25) is 0 Å². The smallest absolute Gasteiger partial charge is 0.259 e. The van der Waals surface area contributed by atoms with Crippen LogP contribution in [0.5, 0.6) is 0 Å². The highest BCUT2D eigenvalue weighted by Gasteiger charge is 1.97. The van der Waals surface area contributed by atoms with Crippen molar-refractivity contribution in [3.8, 4) is 0 Å². The van der Waals surface area contributed by atoms with Gasteiger partial charge in [-0.2, -0.15) is 0 Å². The van der Waals surface area contributed by atoms with Crippen molar-refractivity contribution in [2.24, 2.45) is 5.84 Å². The molecule has 1 amide bonds. The van der Waals surface area contributed by atoms with Gasteiger partial charge in [0.25, 0.3) is 5.91 Å². The molecule has 0 unspecified atom stereocenters. The summed E-state index contributed by atoms with van der Waals surface area (Å²) >= 11 is 0. The number of hydrazine groups is 1. The molecule has 5 nitrogen and oxygen atoms in total. The normalized spacial score (nSPS) is 9.62. The molecule has 0 aromatic carbocycles. The molecule has 1 rings (SSSR count). The zero-order valence-electron chi connectivity index (χ0n) is 7.06. The first kappa shape index (κ1) is 9.63. The van der Waals surface area contributed by atoms with E-state index in [-0.39, 0.29) is 12.5 Å². The summed E-state index contributed by atoms with van der Waals surface area (Å²) in [4.78, 5) is 14.5. The molecule has 0 bridgehead atoms. The van der Waals surface area contributed by atoms with Gasteiger partial charge in [-0.3, -0.25) is 15.2 Å². The average Bonchev–Trinajstić information content (AvgIpc) is 2.19. The Balaban J connectivity index is 2.24. The predicted molar refractivity (Wildman–Crippen MR) is 46.2 cm³/mol. The van der Waals surface area contributed by atoms with Gasteiger partial charge in [0.05, 0.1) is 6.61 Å². The van der Waals surface area contributed by atoms with Crippen LogP contribution in [0.25, 0.3) is 0 Å². The second-order valence-electron chi connectivity index (χ2n) is 2.42. The van der Waals surface area contributed by atoms with Gasteiger partial charge in [-0.25, -0.2) is 5.84 Å². The average molecular weight is 181 g/mol. The Morgan fingerprint density at radius 3 is 3.15 bits per heavy atom. The van der Waals surface area contributed by atoms with Crippen molar-refractivity contribution in [3.63, 3.8) is 0 Å². The van der Waals surface area contributed by atoms with Gasteiger partial charge in [0.1, 0.15) is 6.61 Å². The third-order valence-electron chi connectivity index (χ3n) is 1.39. The number of carbonyl (C=O) groups is 1. The molecule has 5 heteroatoms. The van der Waals surface area contributed by atoms with Crippen LogP contribution in [-0.4, -0.2) is 17.5 Å². The van der Waals surface area contributed by atoms with E-state index in [0.717, 1.165) is 5.56 Å². The highest BCUT2D eigenvalue weighted by Crippen LogP contribution is 1.97. The molecule has 0 atom stereocenters. The molecule has 1 aromatic heterocycles. The zero-order chi connectivity index (χ0) is 9.52. The van der Waals surface area contributed by atoms with E-state index in [1.807, 2.05) is 17.6 Å². The molecule has 0 saturated heterocycles. The van der Waals surface area contributed by atoms with E-state index >= 15 is 0 Å². The minimum Gasteiger partial charge on any atom is -0.367 e. The summed E-state index contributed by atoms with van der Waals surface area (Å²) in [5, 5.41) is 0. The van der Waals surface area contributed by atoms with Gasteiger partial charge in [-0.1, -0.05) is 6.07 Å². The van der Waals surface area contributed by atoms with Crippen molar-refractivity contribution in [1.29, 1.82) is 0 Å². The lowest BCUT2D eigenvalue weighted by atomic mass is 10.3. The van der Waals surface area contributed by atoms with Crippen molar-refractivity contribution < 1.29 is 9.53 Å². The van der Waals surface area contributed by atoms with E-state index < -0.39 is 0 Å². The molecule has 70 valence electrons. The lowest BCUT2D eigenvalue weighted by Gasteiger charge is -2.01. The van der Waals surface area contributed by atoms with E-state index in [2.05, 4.69) is 4.98 Å². The van der Waals surface area contributed by atoms with Crippen LogP contribution in [0, 0.1) is 0 Å². The molecule has 13 heavy (non-hydrogen) atoms. The van der Waals surface area contributed by atoms with Gasteiger partial charge < -0.3 is 4.74 Å². The highest BCUT2D eigenvalue weighted by atomic mass is 16.5. The Bertz CT molecular complexity index is 263. The SMILES string of the molecule is NNC(=O)COCc1cccnc1. The number of pyridine rings is 1. The van der Waals surface area contributed by atoms with Crippen molar-refractivity contribution >= 4 is 5.91 Å². The molecule has 0 fully saturated rings. The van der Waals surface area contributed by atoms with E-state index in [4.69, 9.17) is 10.6 Å². The van der Waals surface area contributed by atoms with Gasteiger partial charge in [-0.15, -0.1) is 0 Å². The van der Waals surface area contributed by atoms with E-state index in [1.54, 1.807) is 12.4 Å². The molecule has 0 saturated carbocycles. The first-order valence-electron chi connectivity index (χ1n) is 3.79. The maximum Gasteiger partial charge on any atom is 0.259 e. The quantitative estimate of drug-likeness (QED) is 0.376. The number of hydrogen-bond donors (Lipinski definition) is 2. The summed E-state index contributed by atoms with van der Waals surface area (Å²) in [6, 6.07) is 3.68. The zero-order valence-corrected chi connectivity index (χ0v) is 7.06. The lowest BCUT2D eigenvalue weighted by molar-refractivity contribution is -0.126. The van der Waals surface area contributed by atoms with Crippen LogP contribution in [0.4, 0.5) is 0 Å². The molecule has 3 N–H and O–H groups in total. The van der Waals surface area contributed by atoms with Gasteiger partial charge in [0, 0.05) is 12.4 Å². The number of nitrogens with two attached hydrogens (primary N) is 1. The number of amides is 1. The monoisotopic (exact) mass is 181 g/mol.